The summed E-state index contributed by atoms with van der Waals surface area (Å²) in [5, 5.41) is 2.88. The quantitative estimate of drug-likeness (QED) is 0.748. The largest absolute Gasteiger partial charge is 0.469 e. The van der Waals surface area contributed by atoms with E-state index >= 15 is 0 Å². The van der Waals surface area contributed by atoms with E-state index in [9.17, 15) is 4.79 Å². The van der Waals surface area contributed by atoms with Crippen LogP contribution < -0.4 is 5.32 Å². The number of carbonyl (C=O) groups is 1. The van der Waals surface area contributed by atoms with Gasteiger partial charge in [0.25, 0.3) is 0 Å². The number of benzene rings is 1. The van der Waals surface area contributed by atoms with Gasteiger partial charge in [0.1, 0.15) is 11.5 Å². The van der Waals surface area contributed by atoms with Crippen LogP contribution in [0.3, 0.4) is 0 Å². The Hall–Kier alpha value is -2.75. The van der Waals surface area contributed by atoms with E-state index in [0.717, 1.165) is 17.1 Å². The highest BCUT2D eigenvalue weighted by molar-refractivity contribution is 5.77. The molecular weight excluding hydrogens is 290 g/mol. The molecule has 1 atom stereocenters. The van der Waals surface area contributed by atoms with Gasteiger partial charge in [0.05, 0.1) is 25.0 Å². The van der Waals surface area contributed by atoms with Crippen molar-refractivity contribution < 1.29 is 13.6 Å². The molecule has 118 valence electrons. The van der Waals surface area contributed by atoms with Gasteiger partial charge in [0.2, 0.25) is 5.91 Å². The van der Waals surface area contributed by atoms with Crippen molar-refractivity contribution in [3.63, 3.8) is 0 Å². The summed E-state index contributed by atoms with van der Waals surface area (Å²) >= 11 is 0. The van der Waals surface area contributed by atoms with Crippen LogP contribution >= 0.6 is 0 Å². The number of rotatable bonds is 6. The summed E-state index contributed by atoms with van der Waals surface area (Å²) < 4.78 is 10.8. The van der Waals surface area contributed by atoms with Gasteiger partial charge in [-0.05, 0) is 36.8 Å². The van der Waals surface area contributed by atoms with E-state index in [1.165, 1.54) is 5.56 Å². The molecule has 0 spiro atoms. The molecule has 1 N–H and O–H groups in total. The van der Waals surface area contributed by atoms with Crippen molar-refractivity contribution in [1.29, 1.82) is 0 Å². The molecule has 1 amide bonds. The van der Waals surface area contributed by atoms with Gasteiger partial charge in [-0.15, -0.1) is 0 Å². The number of aryl methyl sites for hydroxylation is 1. The molecule has 4 nitrogen and oxygen atoms in total. The second-order valence-corrected chi connectivity index (χ2v) is 5.54. The molecule has 0 radical (unpaired) electrons. The van der Waals surface area contributed by atoms with E-state index in [0.29, 0.717) is 13.0 Å². The molecule has 4 heteroatoms. The standard InChI is InChI=1S/C19H19NO3/c1-14-6-8-15(9-7-14)17(18-5-3-11-23-18)12-19(21)20-13-16-4-2-10-22-16/h2-11,17H,12-13H2,1H3,(H,20,21)/t17-/m0/s1. The molecule has 0 unspecified atom stereocenters. The molecule has 3 rings (SSSR count). The first-order valence-corrected chi connectivity index (χ1v) is 7.61. The van der Waals surface area contributed by atoms with Crippen LogP contribution in [-0.2, 0) is 11.3 Å². The third kappa shape index (κ3) is 3.92. The monoisotopic (exact) mass is 309 g/mol. The fourth-order valence-electron chi connectivity index (χ4n) is 2.53. The third-order valence-electron chi connectivity index (χ3n) is 3.80. The molecule has 1 aromatic carbocycles. The molecule has 0 aliphatic rings. The molecule has 2 aromatic heterocycles. The fraction of sp³-hybridized carbons (Fsp3) is 0.211. The second-order valence-electron chi connectivity index (χ2n) is 5.54. The van der Waals surface area contributed by atoms with Crippen LogP contribution in [0.2, 0.25) is 0 Å². The van der Waals surface area contributed by atoms with Crippen LogP contribution in [0, 0.1) is 6.92 Å². The number of hydrogen-bond donors (Lipinski definition) is 1. The molecule has 0 aliphatic heterocycles. The first-order valence-electron chi connectivity index (χ1n) is 7.61. The average molecular weight is 309 g/mol. The first kappa shape index (κ1) is 15.2. The number of amides is 1. The van der Waals surface area contributed by atoms with E-state index < -0.39 is 0 Å². The lowest BCUT2D eigenvalue weighted by Crippen LogP contribution is -2.24. The summed E-state index contributed by atoms with van der Waals surface area (Å²) in [4.78, 5) is 12.3. The maximum absolute atomic E-state index is 12.3. The maximum atomic E-state index is 12.3. The van der Waals surface area contributed by atoms with E-state index in [-0.39, 0.29) is 11.8 Å². The Morgan fingerprint density at radius 3 is 2.43 bits per heavy atom. The van der Waals surface area contributed by atoms with Crippen LogP contribution in [0.4, 0.5) is 0 Å². The van der Waals surface area contributed by atoms with Crippen molar-refractivity contribution in [2.45, 2.75) is 25.8 Å². The van der Waals surface area contributed by atoms with Crippen molar-refractivity contribution in [3.05, 3.63) is 83.7 Å². The topological polar surface area (TPSA) is 55.4 Å². The Morgan fingerprint density at radius 1 is 1.04 bits per heavy atom. The summed E-state index contributed by atoms with van der Waals surface area (Å²) in [5.74, 6) is 1.40. The third-order valence-corrected chi connectivity index (χ3v) is 3.80. The highest BCUT2D eigenvalue weighted by Gasteiger charge is 2.20. The minimum Gasteiger partial charge on any atom is -0.469 e. The molecule has 0 aliphatic carbocycles. The molecule has 0 saturated carbocycles. The fourth-order valence-corrected chi connectivity index (χ4v) is 2.53. The van der Waals surface area contributed by atoms with Gasteiger partial charge in [0.15, 0.2) is 0 Å². The Labute approximate surface area is 135 Å². The van der Waals surface area contributed by atoms with Gasteiger partial charge in [-0.3, -0.25) is 4.79 Å². The van der Waals surface area contributed by atoms with E-state index in [1.807, 2.05) is 49.4 Å². The Kier molecular flexibility index (Phi) is 4.62. The Morgan fingerprint density at radius 2 is 1.78 bits per heavy atom. The zero-order valence-electron chi connectivity index (χ0n) is 13.0. The summed E-state index contributed by atoms with van der Waals surface area (Å²) in [6.07, 6.45) is 3.56. The van der Waals surface area contributed by atoms with Crippen molar-refractivity contribution in [2.24, 2.45) is 0 Å². The van der Waals surface area contributed by atoms with Crippen molar-refractivity contribution >= 4 is 5.91 Å². The number of carbonyl (C=O) groups excluding carboxylic acids is 1. The van der Waals surface area contributed by atoms with Gasteiger partial charge >= 0.3 is 0 Å². The minimum atomic E-state index is -0.0952. The highest BCUT2D eigenvalue weighted by Crippen LogP contribution is 2.28. The highest BCUT2D eigenvalue weighted by atomic mass is 16.3. The van der Waals surface area contributed by atoms with Gasteiger partial charge in [-0.2, -0.15) is 0 Å². The molecule has 0 bridgehead atoms. The molecule has 0 saturated heterocycles. The first-order chi connectivity index (χ1) is 11.2. The van der Waals surface area contributed by atoms with Crippen LogP contribution in [-0.4, -0.2) is 5.91 Å². The van der Waals surface area contributed by atoms with E-state index in [4.69, 9.17) is 8.83 Å². The Balaban J connectivity index is 1.71. The van der Waals surface area contributed by atoms with Crippen LogP contribution in [0.5, 0.6) is 0 Å². The van der Waals surface area contributed by atoms with Crippen molar-refractivity contribution in [1.82, 2.24) is 5.32 Å². The van der Waals surface area contributed by atoms with Crippen molar-refractivity contribution in [2.75, 3.05) is 0 Å². The Bertz CT molecular complexity index is 728. The van der Waals surface area contributed by atoms with Crippen LogP contribution in [0.25, 0.3) is 0 Å². The molecule has 3 aromatic rings. The lowest BCUT2D eigenvalue weighted by Gasteiger charge is -2.15. The lowest BCUT2D eigenvalue weighted by molar-refractivity contribution is -0.121. The van der Waals surface area contributed by atoms with Gasteiger partial charge in [-0.1, -0.05) is 29.8 Å². The summed E-state index contributed by atoms with van der Waals surface area (Å²) in [6.45, 7) is 2.44. The number of furan rings is 2. The normalized spacial score (nSPS) is 12.0. The maximum Gasteiger partial charge on any atom is 0.221 e. The van der Waals surface area contributed by atoms with E-state index in [1.54, 1.807) is 18.6 Å². The SMILES string of the molecule is Cc1ccc([C@H](CC(=O)NCc2ccco2)c2ccco2)cc1. The summed E-state index contributed by atoms with van der Waals surface area (Å²) in [5.41, 5.74) is 2.26. The molecule has 0 fully saturated rings. The number of hydrogen-bond acceptors (Lipinski definition) is 3. The van der Waals surface area contributed by atoms with Crippen molar-refractivity contribution in [3.8, 4) is 0 Å². The predicted octanol–water partition coefficient (Wildman–Crippen LogP) is 4.02. The van der Waals surface area contributed by atoms with Gasteiger partial charge < -0.3 is 14.2 Å². The second kappa shape index (κ2) is 7.01. The minimum absolute atomic E-state index is 0.0385. The predicted molar refractivity (Wildman–Crippen MR) is 86.9 cm³/mol. The van der Waals surface area contributed by atoms with Crippen LogP contribution in [0.1, 0.15) is 35.0 Å². The summed E-state index contributed by atoms with van der Waals surface area (Å²) in [6, 6.07) is 15.6. The zero-order chi connectivity index (χ0) is 16.1. The molecule has 2 heterocycles. The average Bonchev–Trinajstić information content (AvgIpc) is 3.25. The van der Waals surface area contributed by atoms with Gasteiger partial charge in [0, 0.05) is 6.42 Å². The van der Waals surface area contributed by atoms with Gasteiger partial charge in [-0.25, -0.2) is 0 Å². The van der Waals surface area contributed by atoms with Crippen LogP contribution in [0.15, 0.2) is 69.9 Å². The molecule has 23 heavy (non-hydrogen) atoms. The summed E-state index contributed by atoms with van der Waals surface area (Å²) in [7, 11) is 0. The molecular formula is C19H19NO3. The zero-order valence-corrected chi connectivity index (χ0v) is 13.0. The lowest BCUT2D eigenvalue weighted by atomic mass is 9.92. The number of nitrogens with one attached hydrogen (secondary N) is 1. The smallest absolute Gasteiger partial charge is 0.221 e. The van der Waals surface area contributed by atoms with E-state index in [2.05, 4.69) is 5.32 Å².